The van der Waals surface area contributed by atoms with Crippen molar-refractivity contribution in [1.82, 2.24) is 4.57 Å². The number of aromatic nitrogens is 2. The highest BCUT2D eigenvalue weighted by Gasteiger charge is 2.27. The van der Waals surface area contributed by atoms with Crippen molar-refractivity contribution in [2.24, 2.45) is 0 Å². The summed E-state index contributed by atoms with van der Waals surface area (Å²) in [5, 5.41) is 0. The van der Waals surface area contributed by atoms with Crippen molar-refractivity contribution in [3.8, 4) is 5.69 Å². The Labute approximate surface area is 127 Å². The SMILES string of the molecule is [2H]C([2H])([2H])c1n(-c2ccccc2C)c(C)c2oc3ccccc3[n+]12. The highest BCUT2D eigenvalue weighted by molar-refractivity contribution is 5.71. The summed E-state index contributed by atoms with van der Waals surface area (Å²) in [6, 6.07) is 15.3. The molecule has 0 radical (unpaired) electrons. The molecule has 0 bridgehead atoms. The molecule has 3 nitrogen and oxygen atoms in total. The van der Waals surface area contributed by atoms with Gasteiger partial charge in [0.2, 0.25) is 0 Å². The van der Waals surface area contributed by atoms with Crippen LogP contribution in [0.2, 0.25) is 0 Å². The lowest BCUT2D eigenvalue weighted by Crippen LogP contribution is -2.22. The normalized spacial score (nSPS) is 14.3. The molecule has 0 spiro atoms. The molecule has 0 fully saturated rings. The van der Waals surface area contributed by atoms with Crippen LogP contribution < -0.4 is 4.40 Å². The largest absolute Gasteiger partial charge is 0.415 e. The first-order valence-electron chi connectivity index (χ1n) is 8.40. The van der Waals surface area contributed by atoms with Gasteiger partial charge in [0.05, 0.1) is 0 Å². The second-order valence-corrected chi connectivity index (χ2v) is 5.24. The Hall–Kier alpha value is -2.55. The van der Waals surface area contributed by atoms with E-state index in [-0.39, 0.29) is 5.82 Å². The van der Waals surface area contributed by atoms with Gasteiger partial charge in [0, 0.05) is 17.9 Å². The molecule has 2 aromatic carbocycles. The molecule has 0 amide bonds. The van der Waals surface area contributed by atoms with E-state index in [1.165, 1.54) is 0 Å². The van der Waals surface area contributed by atoms with Gasteiger partial charge in [-0.1, -0.05) is 30.3 Å². The molecule has 3 heteroatoms. The molecule has 4 aromatic rings. The Morgan fingerprint density at radius 2 is 1.81 bits per heavy atom. The molecule has 0 aliphatic carbocycles. The van der Waals surface area contributed by atoms with Gasteiger partial charge in [0.25, 0.3) is 5.82 Å². The van der Waals surface area contributed by atoms with Gasteiger partial charge >= 0.3 is 5.71 Å². The van der Waals surface area contributed by atoms with Crippen LogP contribution in [0, 0.1) is 20.7 Å². The third-order valence-electron chi connectivity index (χ3n) is 3.94. The summed E-state index contributed by atoms with van der Waals surface area (Å²) < 4.78 is 33.7. The molecule has 104 valence electrons. The summed E-state index contributed by atoms with van der Waals surface area (Å²) in [5.74, 6) is 0.231. The van der Waals surface area contributed by atoms with Gasteiger partial charge in [0.15, 0.2) is 16.8 Å². The summed E-state index contributed by atoms with van der Waals surface area (Å²) >= 11 is 0. The molecule has 0 aliphatic heterocycles. The Bertz CT molecular complexity index is 1070. The van der Waals surface area contributed by atoms with Gasteiger partial charge in [0.1, 0.15) is 5.69 Å². The average Bonchev–Trinajstić information content (AvgIpc) is 3.03. The van der Waals surface area contributed by atoms with E-state index in [1.807, 2.05) is 62.4 Å². The lowest BCUT2D eigenvalue weighted by atomic mass is 10.2. The van der Waals surface area contributed by atoms with E-state index in [0.717, 1.165) is 22.5 Å². The number of benzene rings is 2. The van der Waals surface area contributed by atoms with Crippen molar-refractivity contribution < 1.29 is 12.9 Å². The standard InChI is InChI=1S/C18H17N2O/c1-12-8-4-5-9-15(12)19-13(2)18-20(14(19)3)16-10-6-7-11-17(16)21-18/h4-11H,1-3H3/q+1/i3D3. The van der Waals surface area contributed by atoms with Gasteiger partial charge in [-0.2, -0.15) is 8.97 Å². The van der Waals surface area contributed by atoms with Crippen molar-refractivity contribution in [2.45, 2.75) is 20.7 Å². The van der Waals surface area contributed by atoms with E-state index >= 15 is 0 Å². The van der Waals surface area contributed by atoms with Gasteiger partial charge < -0.3 is 4.42 Å². The zero-order valence-electron chi connectivity index (χ0n) is 14.9. The summed E-state index contributed by atoms with van der Waals surface area (Å²) in [5.41, 5.74) is 4.63. The van der Waals surface area contributed by atoms with Crippen molar-refractivity contribution >= 4 is 16.8 Å². The van der Waals surface area contributed by atoms with Crippen molar-refractivity contribution in [1.29, 1.82) is 0 Å². The molecule has 2 heterocycles. The minimum atomic E-state index is -2.29. The first-order chi connectivity index (χ1) is 11.4. The number of aryl methyl sites for hydroxylation is 3. The molecule has 0 aliphatic rings. The number of rotatable bonds is 1. The zero-order chi connectivity index (χ0) is 17.1. The third kappa shape index (κ3) is 1.57. The number of imidazole rings is 1. The third-order valence-corrected chi connectivity index (χ3v) is 3.94. The minimum absolute atomic E-state index is 0.231. The number of fused-ring (bicyclic) bond motifs is 3. The molecule has 0 atom stereocenters. The molecule has 4 rings (SSSR count). The van der Waals surface area contributed by atoms with Crippen LogP contribution in [0.3, 0.4) is 0 Å². The van der Waals surface area contributed by atoms with Crippen LogP contribution >= 0.6 is 0 Å². The van der Waals surface area contributed by atoms with Gasteiger partial charge in [-0.05, 0) is 30.7 Å². The first-order valence-corrected chi connectivity index (χ1v) is 6.90. The van der Waals surface area contributed by atoms with Crippen molar-refractivity contribution in [3.05, 3.63) is 65.6 Å². The highest BCUT2D eigenvalue weighted by atomic mass is 16.3. The zero-order valence-corrected chi connectivity index (χ0v) is 11.9. The second kappa shape index (κ2) is 4.22. The summed E-state index contributed by atoms with van der Waals surface area (Å²) in [7, 11) is 0. The summed E-state index contributed by atoms with van der Waals surface area (Å²) in [4.78, 5) is 0. The predicted octanol–water partition coefficient (Wildman–Crippen LogP) is 3.89. The smallest absolute Gasteiger partial charge is 0.339 e. The molecular weight excluding hydrogens is 260 g/mol. The Balaban J connectivity index is 2.22. The first kappa shape index (κ1) is 9.40. The van der Waals surface area contributed by atoms with E-state index in [9.17, 15) is 0 Å². The van der Waals surface area contributed by atoms with Crippen LogP contribution in [0.4, 0.5) is 0 Å². The Kier molecular flexibility index (Phi) is 1.89. The maximum atomic E-state index is 8.09. The number of para-hydroxylation sites is 3. The predicted molar refractivity (Wildman–Crippen MR) is 82.9 cm³/mol. The number of hydrogen-bond acceptors (Lipinski definition) is 1. The molecule has 21 heavy (non-hydrogen) atoms. The number of nitrogens with zero attached hydrogens (tertiary/aromatic N) is 2. The van der Waals surface area contributed by atoms with Gasteiger partial charge in [-0.15, -0.1) is 0 Å². The topological polar surface area (TPSA) is 22.2 Å². The monoisotopic (exact) mass is 280 g/mol. The van der Waals surface area contributed by atoms with E-state index in [1.54, 1.807) is 8.97 Å². The summed E-state index contributed by atoms with van der Waals surface area (Å²) in [6.07, 6.45) is 0. The molecule has 0 unspecified atom stereocenters. The van der Waals surface area contributed by atoms with Crippen LogP contribution in [-0.4, -0.2) is 4.57 Å². The number of oxazole rings is 1. The average molecular weight is 280 g/mol. The minimum Gasteiger partial charge on any atom is -0.415 e. The van der Waals surface area contributed by atoms with E-state index in [4.69, 9.17) is 8.53 Å². The second-order valence-electron chi connectivity index (χ2n) is 5.24. The Morgan fingerprint density at radius 3 is 2.62 bits per heavy atom. The maximum absolute atomic E-state index is 8.09. The van der Waals surface area contributed by atoms with Gasteiger partial charge in [-0.3, -0.25) is 0 Å². The van der Waals surface area contributed by atoms with Crippen LogP contribution in [-0.2, 0) is 0 Å². The fraction of sp³-hybridized carbons (Fsp3) is 0.167. The van der Waals surface area contributed by atoms with Crippen LogP contribution in [0.5, 0.6) is 0 Å². The van der Waals surface area contributed by atoms with Crippen LogP contribution in [0.15, 0.2) is 52.9 Å². The quantitative estimate of drug-likeness (QED) is 0.485. The lowest BCUT2D eigenvalue weighted by Gasteiger charge is -2.03. The van der Waals surface area contributed by atoms with Crippen molar-refractivity contribution in [2.75, 3.05) is 0 Å². The van der Waals surface area contributed by atoms with E-state index < -0.39 is 6.85 Å². The van der Waals surface area contributed by atoms with E-state index in [0.29, 0.717) is 11.3 Å². The van der Waals surface area contributed by atoms with Gasteiger partial charge in [-0.25, -0.2) is 0 Å². The molecular formula is C18H17N2O+. The lowest BCUT2D eigenvalue weighted by molar-refractivity contribution is -0.493. The maximum Gasteiger partial charge on any atom is 0.339 e. The molecule has 2 aromatic heterocycles. The number of hydrogen-bond donors (Lipinski definition) is 0. The molecule has 0 N–H and O–H groups in total. The molecule has 0 saturated carbocycles. The van der Waals surface area contributed by atoms with Crippen LogP contribution in [0.1, 0.15) is 21.2 Å². The highest BCUT2D eigenvalue weighted by Crippen LogP contribution is 2.24. The fourth-order valence-corrected chi connectivity index (χ4v) is 2.90. The van der Waals surface area contributed by atoms with Crippen molar-refractivity contribution in [3.63, 3.8) is 0 Å². The fourth-order valence-electron chi connectivity index (χ4n) is 2.90. The molecule has 0 saturated heterocycles. The summed E-state index contributed by atoms with van der Waals surface area (Å²) in [6.45, 7) is 1.58. The Morgan fingerprint density at radius 1 is 1.05 bits per heavy atom. The van der Waals surface area contributed by atoms with Crippen LogP contribution in [0.25, 0.3) is 22.5 Å². The van der Waals surface area contributed by atoms with E-state index in [2.05, 4.69) is 0 Å².